The standard InChI is InChI=1S/C24H24N2O4/c1-3-29-24(28)19-13-14-21(25-17(19)2)23(27)26-20-11-7-8-12-22(20)30-16-15-18-9-5-4-6-10-18/h4-14H,3,15-16H2,1-2H3,(H,26,27). The second-order valence-electron chi connectivity index (χ2n) is 6.58. The summed E-state index contributed by atoms with van der Waals surface area (Å²) in [4.78, 5) is 28.8. The molecule has 2 aromatic carbocycles. The summed E-state index contributed by atoms with van der Waals surface area (Å²) >= 11 is 0. The van der Waals surface area contributed by atoms with Gasteiger partial charge >= 0.3 is 5.97 Å². The molecule has 1 N–H and O–H groups in total. The highest BCUT2D eigenvalue weighted by Crippen LogP contribution is 2.24. The van der Waals surface area contributed by atoms with Gasteiger partial charge in [0.05, 0.1) is 30.2 Å². The minimum atomic E-state index is -0.452. The van der Waals surface area contributed by atoms with Crippen molar-refractivity contribution in [2.75, 3.05) is 18.5 Å². The van der Waals surface area contributed by atoms with Crippen molar-refractivity contribution in [1.82, 2.24) is 4.98 Å². The number of esters is 1. The minimum absolute atomic E-state index is 0.208. The number of nitrogens with zero attached hydrogens (tertiary/aromatic N) is 1. The number of ether oxygens (including phenoxy) is 2. The fourth-order valence-corrected chi connectivity index (χ4v) is 2.92. The van der Waals surface area contributed by atoms with E-state index in [4.69, 9.17) is 9.47 Å². The van der Waals surface area contributed by atoms with Crippen LogP contribution >= 0.6 is 0 Å². The van der Waals surface area contributed by atoms with E-state index in [0.717, 1.165) is 6.42 Å². The van der Waals surface area contributed by atoms with Gasteiger partial charge in [-0.05, 0) is 43.7 Å². The van der Waals surface area contributed by atoms with Gasteiger partial charge in [0.15, 0.2) is 0 Å². The van der Waals surface area contributed by atoms with Crippen LogP contribution in [0.5, 0.6) is 5.75 Å². The third kappa shape index (κ3) is 5.44. The molecule has 6 nitrogen and oxygen atoms in total. The molecule has 0 unspecified atom stereocenters. The van der Waals surface area contributed by atoms with Gasteiger partial charge in [0.2, 0.25) is 0 Å². The summed E-state index contributed by atoms with van der Waals surface area (Å²) in [5.74, 6) is -0.249. The van der Waals surface area contributed by atoms with Crippen molar-refractivity contribution in [2.24, 2.45) is 0 Å². The predicted molar refractivity (Wildman–Crippen MR) is 115 cm³/mol. The number of hydrogen-bond donors (Lipinski definition) is 1. The molecule has 6 heteroatoms. The Morgan fingerprint density at radius 3 is 2.43 bits per heavy atom. The summed E-state index contributed by atoms with van der Waals surface area (Å²) in [5, 5.41) is 2.83. The molecule has 3 rings (SSSR count). The van der Waals surface area contributed by atoms with E-state index in [9.17, 15) is 9.59 Å². The van der Waals surface area contributed by atoms with Crippen LogP contribution in [0.2, 0.25) is 0 Å². The van der Waals surface area contributed by atoms with E-state index in [-0.39, 0.29) is 18.2 Å². The largest absolute Gasteiger partial charge is 0.491 e. The van der Waals surface area contributed by atoms with Gasteiger partial charge in [-0.3, -0.25) is 4.79 Å². The van der Waals surface area contributed by atoms with E-state index in [0.29, 0.717) is 29.3 Å². The van der Waals surface area contributed by atoms with E-state index < -0.39 is 5.97 Å². The van der Waals surface area contributed by atoms with Crippen LogP contribution in [0.15, 0.2) is 66.7 Å². The lowest BCUT2D eigenvalue weighted by Crippen LogP contribution is -2.17. The van der Waals surface area contributed by atoms with Crippen LogP contribution < -0.4 is 10.1 Å². The summed E-state index contributed by atoms with van der Waals surface area (Å²) in [6.07, 6.45) is 0.763. The lowest BCUT2D eigenvalue weighted by atomic mass is 10.1. The molecule has 0 saturated carbocycles. The normalized spacial score (nSPS) is 10.3. The van der Waals surface area contributed by atoms with Crippen LogP contribution in [0.3, 0.4) is 0 Å². The van der Waals surface area contributed by atoms with Gasteiger partial charge in [-0.15, -0.1) is 0 Å². The molecule has 154 valence electrons. The molecule has 0 aliphatic rings. The van der Waals surface area contributed by atoms with E-state index in [1.807, 2.05) is 48.5 Å². The highest BCUT2D eigenvalue weighted by Gasteiger charge is 2.16. The minimum Gasteiger partial charge on any atom is -0.491 e. The van der Waals surface area contributed by atoms with Crippen LogP contribution in [-0.4, -0.2) is 30.1 Å². The molecule has 0 spiro atoms. The van der Waals surface area contributed by atoms with Crippen molar-refractivity contribution in [3.63, 3.8) is 0 Å². The van der Waals surface area contributed by atoms with E-state index in [1.165, 1.54) is 11.6 Å². The molecule has 1 amide bonds. The molecular weight excluding hydrogens is 380 g/mol. The SMILES string of the molecule is CCOC(=O)c1ccc(C(=O)Nc2ccccc2OCCc2ccccc2)nc1C. The monoisotopic (exact) mass is 404 g/mol. The molecule has 0 bridgehead atoms. The molecular formula is C24H24N2O4. The van der Waals surface area contributed by atoms with Crippen molar-refractivity contribution in [3.05, 3.63) is 89.2 Å². The maximum Gasteiger partial charge on any atom is 0.339 e. The van der Waals surface area contributed by atoms with E-state index in [2.05, 4.69) is 10.3 Å². The first kappa shape index (κ1) is 21.0. The molecule has 0 saturated heterocycles. The Morgan fingerprint density at radius 1 is 0.967 bits per heavy atom. The zero-order valence-corrected chi connectivity index (χ0v) is 17.1. The number of rotatable bonds is 8. The molecule has 30 heavy (non-hydrogen) atoms. The molecule has 0 atom stereocenters. The van der Waals surface area contributed by atoms with Crippen molar-refractivity contribution in [1.29, 1.82) is 0 Å². The van der Waals surface area contributed by atoms with Gasteiger partial charge < -0.3 is 14.8 Å². The number of anilines is 1. The zero-order chi connectivity index (χ0) is 21.3. The molecule has 3 aromatic rings. The smallest absolute Gasteiger partial charge is 0.339 e. The van der Waals surface area contributed by atoms with Gasteiger partial charge in [0, 0.05) is 6.42 Å². The fourth-order valence-electron chi connectivity index (χ4n) is 2.92. The van der Waals surface area contributed by atoms with Crippen LogP contribution in [0.25, 0.3) is 0 Å². The number of amides is 1. The molecule has 0 radical (unpaired) electrons. The maximum atomic E-state index is 12.7. The summed E-state index contributed by atoms with van der Waals surface area (Å²) in [6, 6.07) is 20.4. The van der Waals surface area contributed by atoms with E-state index >= 15 is 0 Å². The van der Waals surface area contributed by atoms with Gasteiger partial charge in [-0.2, -0.15) is 0 Å². The Hall–Kier alpha value is -3.67. The zero-order valence-electron chi connectivity index (χ0n) is 17.1. The number of para-hydroxylation sites is 2. The topological polar surface area (TPSA) is 77.5 Å². The summed E-state index contributed by atoms with van der Waals surface area (Å²) < 4.78 is 10.9. The Kier molecular flexibility index (Phi) is 7.16. The lowest BCUT2D eigenvalue weighted by Gasteiger charge is -2.13. The number of carbonyl (C=O) groups is 2. The highest BCUT2D eigenvalue weighted by molar-refractivity contribution is 6.04. The summed E-state index contributed by atoms with van der Waals surface area (Å²) in [7, 11) is 0. The first-order valence-electron chi connectivity index (χ1n) is 9.80. The first-order valence-corrected chi connectivity index (χ1v) is 9.80. The quantitative estimate of drug-likeness (QED) is 0.562. The molecule has 0 aliphatic carbocycles. The molecule has 0 fully saturated rings. The second kappa shape index (κ2) is 10.2. The molecule has 0 aliphatic heterocycles. The molecule has 1 aromatic heterocycles. The fraction of sp³-hybridized carbons (Fsp3) is 0.208. The Balaban J connectivity index is 1.66. The van der Waals surface area contributed by atoms with Gasteiger partial charge in [0.25, 0.3) is 5.91 Å². The van der Waals surface area contributed by atoms with Gasteiger partial charge in [0.1, 0.15) is 11.4 Å². The summed E-state index contributed by atoms with van der Waals surface area (Å²) in [5.41, 5.74) is 2.73. The van der Waals surface area contributed by atoms with Crippen molar-refractivity contribution in [2.45, 2.75) is 20.3 Å². The van der Waals surface area contributed by atoms with Crippen molar-refractivity contribution < 1.29 is 19.1 Å². The number of hydrogen-bond acceptors (Lipinski definition) is 5. The van der Waals surface area contributed by atoms with Crippen molar-refractivity contribution in [3.8, 4) is 5.75 Å². The van der Waals surface area contributed by atoms with Crippen LogP contribution in [-0.2, 0) is 11.2 Å². The average molecular weight is 404 g/mol. The second-order valence-corrected chi connectivity index (χ2v) is 6.58. The Labute approximate surface area is 175 Å². The third-order valence-corrected chi connectivity index (χ3v) is 4.44. The number of aryl methyl sites for hydroxylation is 1. The third-order valence-electron chi connectivity index (χ3n) is 4.44. The number of nitrogens with one attached hydrogen (secondary N) is 1. The van der Waals surface area contributed by atoms with Gasteiger partial charge in [-0.1, -0.05) is 42.5 Å². The van der Waals surface area contributed by atoms with Crippen LogP contribution in [0.1, 0.15) is 39.0 Å². The predicted octanol–water partition coefficient (Wildman–Crippen LogP) is 4.44. The highest BCUT2D eigenvalue weighted by atomic mass is 16.5. The first-order chi connectivity index (χ1) is 14.6. The Morgan fingerprint density at radius 2 is 1.70 bits per heavy atom. The summed E-state index contributed by atoms with van der Waals surface area (Å²) in [6.45, 7) is 4.18. The number of pyridine rings is 1. The molecule has 1 heterocycles. The van der Waals surface area contributed by atoms with Crippen molar-refractivity contribution >= 4 is 17.6 Å². The Bertz CT molecular complexity index is 1020. The number of benzene rings is 2. The lowest BCUT2D eigenvalue weighted by molar-refractivity contribution is 0.0524. The van der Waals surface area contributed by atoms with Crippen LogP contribution in [0.4, 0.5) is 5.69 Å². The van der Waals surface area contributed by atoms with Crippen LogP contribution in [0, 0.1) is 6.92 Å². The maximum absolute atomic E-state index is 12.7. The number of aromatic nitrogens is 1. The average Bonchev–Trinajstić information content (AvgIpc) is 2.75. The van der Waals surface area contributed by atoms with E-state index in [1.54, 1.807) is 26.0 Å². The van der Waals surface area contributed by atoms with Gasteiger partial charge in [-0.25, -0.2) is 9.78 Å². The number of carbonyl (C=O) groups excluding carboxylic acids is 2.